The van der Waals surface area contributed by atoms with E-state index in [1.165, 1.54) is 22.5 Å². The number of nitrogens with one attached hydrogen (secondary N) is 3. The Hall–Kier alpha value is -3.94. The third-order valence-electron chi connectivity index (χ3n) is 5.35. The van der Waals surface area contributed by atoms with E-state index in [0.29, 0.717) is 30.0 Å². The molecular weight excluding hydrogens is 490 g/mol. The molecule has 3 heterocycles. The molecule has 5 rings (SSSR count). The molecule has 14 heteroatoms. The van der Waals surface area contributed by atoms with Crippen LogP contribution in [0.25, 0.3) is 11.0 Å². The predicted octanol–water partition coefficient (Wildman–Crippen LogP) is 4.32. The maximum absolute atomic E-state index is 14.4. The quantitative estimate of drug-likeness (QED) is 0.345. The summed E-state index contributed by atoms with van der Waals surface area (Å²) in [6, 6.07) is 9.29. The van der Waals surface area contributed by atoms with Crippen LogP contribution in [0.1, 0.15) is 11.4 Å². The Morgan fingerprint density at radius 1 is 1.06 bits per heavy atom. The van der Waals surface area contributed by atoms with Crippen LogP contribution in [-0.4, -0.2) is 41.2 Å². The van der Waals surface area contributed by atoms with Crippen molar-refractivity contribution in [2.45, 2.75) is 12.6 Å². The second kappa shape index (κ2) is 8.08. The number of benzene rings is 2. The van der Waals surface area contributed by atoms with Gasteiger partial charge in [-0.1, -0.05) is 0 Å². The van der Waals surface area contributed by atoms with E-state index in [-0.39, 0.29) is 22.8 Å². The zero-order valence-corrected chi connectivity index (χ0v) is 18.8. The fourth-order valence-corrected chi connectivity index (χ4v) is 4.75. The number of hydrogen-bond acceptors (Lipinski definition) is 7. The molecule has 0 amide bonds. The number of H-pyrrole nitrogens is 1. The lowest BCUT2D eigenvalue weighted by atomic mass is 10.1. The number of imidazole rings is 1. The van der Waals surface area contributed by atoms with Gasteiger partial charge in [0.1, 0.15) is 0 Å². The number of sulfonamides is 1. The highest BCUT2D eigenvalue weighted by molar-refractivity contribution is 7.92. The zero-order chi connectivity index (χ0) is 25.0. The number of nitrogens with zero attached hydrogens (tertiary/aromatic N) is 4. The summed E-state index contributed by atoms with van der Waals surface area (Å²) in [5.74, 6) is -1.97. The van der Waals surface area contributed by atoms with E-state index in [1.54, 1.807) is 18.2 Å². The van der Waals surface area contributed by atoms with E-state index >= 15 is 0 Å². The molecule has 2 aromatic heterocycles. The molecule has 1 aliphatic heterocycles. The Kier molecular flexibility index (Phi) is 5.27. The van der Waals surface area contributed by atoms with Crippen molar-refractivity contribution in [3.05, 3.63) is 59.8 Å². The minimum absolute atomic E-state index is 0.00393. The molecule has 0 radical (unpaired) electrons. The van der Waals surface area contributed by atoms with Crippen LogP contribution in [0, 0.1) is 5.82 Å². The highest BCUT2D eigenvalue weighted by atomic mass is 32.2. The van der Waals surface area contributed by atoms with E-state index in [4.69, 9.17) is 0 Å². The summed E-state index contributed by atoms with van der Waals surface area (Å²) in [4.78, 5) is 13.7. The second-order valence-corrected chi connectivity index (χ2v) is 9.79. The fraction of sp³-hybridized carbons (Fsp3) is 0.190. The van der Waals surface area contributed by atoms with Gasteiger partial charge in [-0.2, -0.15) is 18.2 Å². The molecule has 1 aliphatic rings. The average molecular weight is 507 g/mol. The molecule has 0 bridgehead atoms. The van der Waals surface area contributed by atoms with Crippen molar-refractivity contribution in [1.29, 1.82) is 0 Å². The normalized spacial score (nSPS) is 13.8. The third-order valence-corrected chi connectivity index (χ3v) is 6.53. The summed E-state index contributed by atoms with van der Waals surface area (Å²) < 4.78 is 78.1. The highest BCUT2D eigenvalue weighted by Gasteiger charge is 2.34. The van der Waals surface area contributed by atoms with Gasteiger partial charge >= 0.3 is 6.18 Å². The van der Waals surface area contributed by atoms with Gasteiger partial charge in [0.25, 0.3) is 0 Å². The molecular formula is C21H17F4N7O2S. The summed E-state index contributed by atoms with van der Waals surface area (Å²) in [5, 5.41) is 5.68. The SMILES string of the molecule is CS(=O)(=O)N1CCc2cc(Nc3nc(Nc4ccc5[nH]c(C(F)(F)F)nc5c4)ncc3F)ccc21. The van der Waals surface area contributed by atoms with Gasteiger partial charge in [-0.15, -0.1) is 0 Å². The van der Waals surface area contributed by atoms with E-state index in [1.807, 2.05) is 0 Å². The smallest absolute Gasteiger partial charge is 0.338 e. The number of fused-ring (bicyclic) bond motifs is 2. The molecule has 0 fully saturated rings. The molecule has 0 aliphatic carbocycles. The maximum Gasteiger partial charge on any atom is 0.449 e. The molecule has 35 heavy (non-hydrogen) atoms. The average Bonchev–Trinajstić information content (AvgIpc) is 3.39. The predicted molar refractivity (Wildman–Crippen MR) is 122 cm³/mol. The van der Waals surface area contributed by atoms with Crippen molar-refractivity contribution < 1.29 is 26.0 Å². The molecule has 0 spiro atoms. The number of aromatic nitrogens is 4. The van der Waals surface area contributed by atoms with Crippen molar-refractivity contribution in [2.75, 3.05) is 27.7 Å². The molecule has 0 saturated carbocycles. The van der Waals surface area contributed by atoms with Gasteiger partial charge in [-0.25, -0.2) is 22.8 Å². The van der Waals surface area contributed by atoms with Crippen LogP contribution < -0.4 is 14.9 Å². The third kappa shape index (κ3) is 4.56. The van der Waals surface area contributed by atoms with Crippen molar-refractivity contribution in [1.82, 2.24) is 19.9 Å². The fourth-order valence-electron chi connectivity index (χ4n) is 3.79. The van der Waals surface area contributed by atoms with Crippen LogP contribution in [0.2, 0.25) is 0 Å². The molecule has 0 unspecified atom stereocenters. The molecule has 182 valence electrons. The van der Waals surface area contributed by atoms with Crippen LogP contribution in [0.5, 0.6) is 0 Å². The Labute approximate surface area is 196 Å². The summed E-state index contributed by atoms with van der Waals surface area (Å²) in [7, 11) is -3.39. The minimum atomic E-state index is -4.60. The Morgan fingerprint density at radius 2 is 1.80 bits per heavy atom. The first kappa shape index (κ1) is 22.8. The number of rotatable bonds is 5. The number of alkyl halides is 3. The highest BCUT2D eigenvalue weighted by Crippen LogP contribution is 2.33. The monoisotopic (exact) mass is 507 g/mol. The van der Waals surface area contributed by atoms with Crippen LogP contribution >= 0.6 is 0 Å². The van der Waals surface area contributed by atoms with Crippen LogP contribution in [0.3, 0.4) is 0 Å². The summed E-state index contributed by atoms with van der Waals surface area (Å²) in [5.41, 5.74) is 2.51. The lowest BCUT2D eigenvalue weighted by molar-refractivity contribution is -0.144. The minimum Gasteiger partial charge on any atom is -0.338 e. The van der Waals surface area contributed by atoms with E-state index in [0.717, 1.165) is 18.0 Å². The largest absolute Gasteiger partial charge is 0.449 e. The first-order chi connectivity index (χ1) is 16.5. The first-order valence-electron chi connectivity index (χ1n) is 10.2. The van der Waals surface area contributed by atoms with Gasteiger partial charge in [0.05, 0.1) is 29.2 Å². The standard InChI is InChI=1S/C21H17F4N7O2S/c1-35(33,34)32-7-6-11-8-12(3-5-17(11)32)27-18-14(22)10-26-20(31-18)28-13-2-4-15-16(9-13)30-19(29-15)21(23,24)25/h2-5,8-10H,6-7H2,1H3,(H,29,30)(H2,26,27,28,31). The molecule has 3 N–H and O–H groups in total. The Balaban J connectivity index is 1.37. The second-order valence-electron chi connectivity index (χ2n) is 7.88. The number of anilines is 5. The number of hydrogen-bond donors (Lipinski definition) is 3. The molecule has 9 nitrogen and oxygen atoms in total. The van der Waals surface area contributed by atoms with Crippen molar-refractivity contribution in [3.8, 4) is 0 Å². The van der Waals surface area contributed by atoms with Gasteiger partial charge in [0.15, 0.2) is 11.6 Å². The van der Waals surface area contributed by atoms with Crippen LogP contribution in [-0.2, 0) is 22.6 Å². The molecule has 0 saturated heterocycles. The van der Waals surface area contributed by atoms with Gasteiger partial charge in [0, 0.05) is 17.9 Å². The molecule has 2 aromatic carbocycles. The van der Waals surface area contributed by atoms with E-state index in [9.17, 15) is 26.0 Å². The number of halogens is 4. The van der Waals surface area contributed by atoms with Gasteiger partial charge in [-0.3, -0.25) is 4.31 Å². The Morgan fingerprint density at radius 3 is 2.54 bits per heavy atom. The van der Waals surface area contributed by atoms with E-state index in [2.05, 4.69) is 30.6 Å². The van der Waals surface area contributed by atoms with Crippen LogP contribution in [0.15, 0.2) is 42.6 Å². The first-order valence-corrected chi connectivity index (χ1v) is 12.1. The zero-order valence-electron chi connectivity index (χ0n) is 18.0. The molecule has 4 aromatic rings. The maximum atomic E-state index is 14.4. The Bertz CT molecular complexity index is 1550. The van der Waals surface area contributed by atoms with Crippen molar-refractivity contribution in [3.63, 3.8) is 0 Å². The summed E-state index contributed by atoms with van der Waals surface area (Å²) in [6.45, 7) is 0.332. The lowest BCUT2D eigenvalue weighted by Gasteiger charge is -2.16. The van der Waals surface area contributed by atoms with Gasteiger partial charge in [0.2, 0.25) is 21.8 Å². The number of aromatic amines is 1. The summed E-state index contributed by atoms with van der Waals surface area (Å²) in [6.07, 6.45) is -2.00. The van der Waals surface area contributed by atoms with Gasteiger partial charge in [-0.05, 0) is 48.4 Å². The topological polar surface area (TPSA) is 116 Å². The lowest BCUT2D eigenvalue weighted by Crippen LogP contribution is -2.27. The van der Waals surface area contributed by atoms with E-state index < -0.39 is 27.8 Å². The summed E-state index contributed by atoms with van der Waals surface area (Å²) >= 11 is 0. The van der Waals surface area contributed by atoms with Crippen molar-refractivity contribution >= 4 is 49.9 Å². The van der Waals surface area contributed by atoms with Crippen LogP contribution in [0.4, 0.5) is 46.4 Å². The van der Waals surface area contributed by atoms with Crippen molar-refractivity contribution in [2.24, 2.45) is 0 Å². The van der Waals surface area contributed by atoms with Gasteiger partial charge < -0.3 is 15.6 Å². The molecule has 0 atom stereocenters.